The highest BCUT2D eigenvalue weighted by Crippen LogP contribution is 2.29. The molecule has 1 saturated carbocycles. The zero-order valence-corrected chi connectivity index (χ0v) is 14.2. The lowest BCUT2D eigenvalue weighted by molar-refractivity contribution is 0.327. The van der Waals surface area contributed by atoms with E-state index in [0.717, 1.165) is 23.4 Å². The van der Waals surface area contributed by atoms with E-state index in [-0.39, 0.29) is 5.41 Å². The molecule has 21 heavy (non-hydrogen) atoms. The minimum Gasteiger partial charge on any atom is -0.373 e. The van der Waals surface area contributed by atoms with E-state index < -0.39 is 0 Å². The first-order valence-corrected chi connectivity index (χ1v) is 8.26. The van der Waals surface area contributed by atoms with E-state index in [1.54, 1.807) is 0 Å². The molecule has 1 aromatic rings. The van der Waals surface area contributed by atoms with Gasteiger partial charge >= 0.3 is 0 Å². The first kappa shape index (κ1) is 16.1. The van der Waals surface area contributed by atoms with Gasteiger partial charge in [-0.15, -0.1) is 0 Å². The van der Waals surface area contributed by atoms with Gasteiger partial charge in [0, 0.05) is 24.6 Å². The van der Waals surface area contributed by atoms with Gasteiger partial charge in [-0.05, 0) is 18.8 Å². The number of nitrogens with one attached hydrogen (secondary N) is 2. The number of hydrogen-bond acceptors (Lipinski definition) is 4. The third-order valence-electron chi connectivity index (χ3n) is 4.37. The maximum absolute atomic E-state index is 4.74. The van der Waals surface area contributed by atoms with Gasteiger partial charge < -0.3 is 10.6 Å². The van der Waals surface area contributed by atoms with Gasteiger partial charge in [0.2, 0.25) is 0 Å². The summed E-state index contributed by atoms with van der Waals surface area (Å²) in [7, 11) is 1.91. The van der Waals surface area contributed by atoms with Gasteiger partial charge in [0.25, 0.3) is 0 Å². The smallest absolute Gasteiger partial charge is 0.138 e. The van der Waals surface area contributed by atoms with Crippen molar-refractivity contribution in [3.8, 4) is 0 Å². The molecule has 118 valence electrons. The molecule has 0 spiro atoms. The number of nitrogens with zero attached hydrogens (tertiary/aromatic N) is 2. The molecule has 1 heterocycles. The summed E-state index contributed by atoms with van der Waals surface area (Å²) in [6, 6.07) is 2.57. The fraction of sp³-hybridized carbons (Fsp3) is 0.765. The van der Waals surface area contributed by atoms with Crippen molar-refractivity contribution >= 4 is 11.6 Å². The number of rotatable bonds is 4. The van der Waals surface area contributed by atoms with Crippen LogP contribution in [0.5, 0.6) is 0 Å². The Balaban J connectivity index is 2.15. The average Bonchev–Trinajstić information content (AvgIpc) is 2.46. The molecule has 2 rings (SSSR count). The Bertz CT molecular complexity index is 464. The number of aromatic nitrogens is 2. The van der Waals surface area contributed by atoms with Crippen LogP contribution in [0.1, 0.15) is 65.6 Å². The molecule has 2 atom stereocenters. The van der Waals surface area contributed by atoms with E-state index in [4.69, 9.17) is 4.98 Å². The predicted molar refractivity (Wildman–Crippen MR) is 89.9 cm³/mol. The SMILES string of the molecule is CCC1CCCC(Nc2cc(NC)nc(C(C)(C)C)n2)C1. The van der Waals surface area contributed by atoms with E-state index in [1.165, 1.54) is 32.1 Å². The number of hydrogen-bond donors (Lipinski definition) is 2. The van der Waals surface area contributed by atoms with E-state index in [2.05, 4.69) is 43.3 Å². The Kier molecular flexibility index (Phi) is 5.07. The van der Waals surface area contributed by atoms with Gasteiger partial charge in [-0.2, -0.15) is 0 Å². The van der Waals surface area contributed by atoms with Crippen LogP contribution in [-0.2, 0) is 5.41 Å². The molecule has 1 aliphatic carbocycles. The highest BCUT2D eigenvalue weighted by molar-refractivity contribution is 5.48. The maximum Gasteiger partial charge on any atom is 0.138 e. The first-order chi connectivity index (χ1) is 9.92. The van der Waals surface area contributed by atoms with E-state index >= 15 is 0 Å². The third-order valence-corrected chi connectivity index (χ3v) is 4.37. The second-order valence-corrected chi connectivity index (χ2v) is 7.24. The lowest BCUT2D eigenvalue weighted by Crippen LogP contribution is -2.28. The van der Waals surface area contributed by atoms with Crippen LogP contribution >= 0.6 is 0 Å². The summed E-state index contributed by atoms with van der Waals surface area (Å²) in [6.45, 7) is 8.76. The summed E-state index contributed by atoms with van der Waals surface area (Å²) < 4.78 is 0. The molecule has 0 saturated heterocycles. The maximum atomic E-state index is 4.74. The van der Waals surface area contributed by atoms with Crippen molar-refractivity contribution in [1.29, 1.82) is 0 Å². The molecule has 2 unspecified atom stereocenters. The predicted octanol–water partition coefficient (Wildman–Crippen LogP) is 4.20. The zero-order chi connectivity index (χ0) is 15.5. The molecular formula is C17H30N4. The van der Waals surface area contributed by atoms with E-state index in [0.29, 0.717) is 6.04 Å². The van der Waals surface area contributed by atoms with Crippen LogP contribution in [0.15, 0.2) is 6.07 Å². The first-order valence-electron chi connectivity index (χ1n) is 8.26. The van der Waals surface area contributed by atoms with Crippen molar-refractivity contribution in [2.75, 3.05) is 17.7 Å². The van der Waals surface area contributed by atoms with Crippen LogP contribution in [0.4, 0.5) is 11.6 Å². The van der Waals surface area contributed by atoms with Crippen LogP contribution in [0.2, 0.25) is 0 Å². The van der Waals surface area contributed by atoms with Gasteiger partial charge in [0.05, 0.1) is 0 Å². The Morgan fingerprint density at radius 3 is 2.52 bits per heavy atom. The standard InChI is InChI=1S/C17H30N4/c1-6-12-8-7-9-13(10-12)19-15-11-14(18-5)20-16(21-15)17(2,3)4/h11-13H,6-10H2,1-5H3,(H2,18,19,20,21). The van der Waals surface area contributed by atoms with Gasteiger partial charge in [0.1, 0.15) is 17.5 Å². The molecule has 2 N–H and O–H groups in total. The molecule has 1 fully saturated rings. The lowest BCUT2D eigenvalue weighted by Gasteiger charge is -2.30. The Hall–Kier alpha value is -1.32. The second-order valence-electron chi connectivity index (χ2n) is 7.24. The van der Waals surface area contributed by atoms with Gasteiger partial charge in [-0.25, -0.2) is 9.97 Å². The van der Waals surface area contributed by atoms with Crippen molar-refractivity contribution < 1.29 is 0 Å². The normalized spacial score (nSPS) is 22.9. The monoisotopic (exact) mass is 290 g/mol. The van der Waals surface area contributed by atoms with Gasteiger partial charge in [-0.1, -0.05) is 47.0 Å². The molecule has 0 amide bonds. The van der Waals surface area contributed by atoms with Crippen molar-refractivity contribution in [3.63, 3.8) is 0 Å². The molecule has 1 aliphatic rings. The molecule has 1 aromatic heterocycles. The fourth-order valence-electron chi connectivity index (χ4n) is 2.99. The van der Waals surface area contributed by atoms with Crippen LogP contribution in [0.3, 0.4) is 0 Å². The van der Waals surface area contributed by atoms with Crippen molar-refractivity contribution in [2.24, 2.45) is 5.92 Å². The molecule has 4 heteroatoms. The summed E-state index contributed by atoms with van der Waals surface area (Å²) >= 11 is 0. The van der Waals surface area contributed by atoms with Crippen molar-refractivity contribution in [2.45, 2.75) is 71.3 Å². The van der Waals surface area contributed by atoms with Crippen LogP contribution < -0.4 is 10.6 Å². The molecular weight excluding hydrogens is 260 g/mol. The molecule has 0 radical (unpaired) electrons. The lowest BCUT2D eigenvalue weighted by atomic mass is 9.84. The molecule has 0 aliphatic heterocycles. The van der Waals surface area contributed by atoms with E-state index in [9.17, 15) is 0 Å². The van der Waals surface area contributed by atoms with E-state index in [1.807, 2.05) is 13.1 Å². The Morgan fingerprint density at radius 2 is 1.90 bits per heavy atom. The van der Waals surface area contributed by atoms with Crippen molar-refractivity contribution in [1.82, 2.24) is 9.97 Å². The zero-order valence-electron chi connectivity index (χ0n) is 14.2. The summed E-state index contributed by atoms with van der Waals surface area (Å²) in [4.78, 5) is 9.32. The largest absolute Gasteiger partial charge is 0.373 e. The fourth-order valence-corrected chi connectivity index (χ4v) is 2.99. The van der Waals surface area contributed by atoms with Gasteiger partial charge in [0.15, 0.2) is 0 Å². The van der Waals surface area contributed by atoms with Crippen LogP contribution in [0, 0.1) is 5.92 Å². The molecule has 0 aromatic carbocycles. The highest BCUT2D eigenvalue weighted by Gasteiger charge is 2.23. The van der Waals surface area contributed by atoms with Crippen LogP contribution in [-0.4, -0.2) is 23.1 Å². The second kappa shape index (κ2) is 6.63. The summed E-state index contributed by atoms with van der Waals surface area (Å²) in [5.74, 6) is 3.60. The average molecular weight is 290 g/mol. The highest BCUT2D eigenvalue weighted by atomic mass is 15.1. The summed E-state index contributed by atoms with van der Waals surface area (Å²) in [5.41, 5.74) is -0.0399. The minimum absolute atomic E-state index is 0.0399. The number of anilines is 2. The molecule has 0 bridgehead atoms. The Labute approximate surface area is 129 Å². The topological polar surface area (TPSA) is 49.8 Å². The third kappa shape index (κ3) is 4.32. The summed E-state index contributed by atoms with van der Waals surface area (Å²) in [6.07, 6.45) is 6.51. The Morgan fingerprint density at radius 1 is 1.19 bits per heavy atom. The quantitative estimate of drug-likeness (QED) is 0.872. The van der Waals surface area contributed by atoms with Gasteiger partial charge in [-0.3, -0.25) is 0 Å². The molecule has 4 nitrogen and oxygen atoms in total. The summed E-state index contributed by atoms with van der Waals surface area (Å²) in [5, 5.41) is 6.79. The van der Waals surface area contributed by atoms with Crippen molar-refractivity contribution in [3.05, 3.63) is 11.9 Å². The van der Waals surface area contributed by atoms with Crippen LogP contribution in [0.25, 0.3) is 0 Å². The minimum atomic E-state index is -0.0399.